The number of nitrogens with one attached hydrogen (secondary N) is 1. The number of rotatable bonds is 5. The van der Waals surface area contributed by atoms with Crippen molar-refractivity contribution >= 4 is 0 Å². The number of aliphatic hydroxyl groups is 1. The molecule has 1 aromatic carbocycles. The number of aliphatic hydroxyl groups excluding tert-OH is 1. The van der Waals surface area contributed by atoms with Crippen molar-refractivity contribution in [1.29, 1.82) is 0 Å². The van der Waals surface area contributed by atoms with E-state index in [1.54, 1.807) is 0 Å². The Labute approximate surface area is 123 Å². The third-order valence-corrected chi connectivity index (χ3v) is 3.42. The minimum atomic E-state index is -0.585. The second-order valence-electron chi connectivity index (χ2n) is 5.07. The van der Waals surface area contributed by atoms with Gasteiger partial charge in [0.05, 0.1) is 6.10 Å². The van der Waals surface area contributed by atoms with Gasteiger partial charge in [0.2, 0.25) is 6.79 Å². The Morgan fingerprint density at radius 3 is 2.90 bits per heavy atom. The Morgan fingerprint density at radius 2 is 2.10 bits per heavy atom. The van der Waals surface area contributed by atoms with Crippen LogP contribution in [0.5, 0.6) is 11.5 Å². The predicted octanol–water partition coefficient (Wildman–Crippen LogP) is 1.94. The quantitative estimate of drug-likeness (QED) is 0.879. The standard InChI is InChI=1S/C16H18N2O3/c1-11-2-3-12(8-18-11)7-17-9-14(19)13-4-5-15-16(6-13)21-10-20-15/h2-6,8,14,17,19H,7,9-10H2,1H3. The molecule has 5 nitrogen and oxygen atoms in total. The molecular weight excluding hydrogens is 268 g/mol. The first-order valence-electron chi connectivity index (χ1n) is 6.92. The Kier molecular flexibility index (Phi) is 4.03. The second-order valence-corrected chi connectivity index (χ2v) is 5.07. The highest BCUT2D eigenvalue weighted by Crippen LogP contribution is 2.34. The molecule has 0 amide bonds. The molecule has 1 aliphatic rings. The number of hydrogen-bond acceptors (Lipinski definition) is 5. The van der Waals surface area contributed by atoms with Gasteiger partial charge >= 0.3 is 0 Å². The first kappa shape index (κ1) is 13.9. The van der Waals surface area contributed by atoms with Crippen molar-refractivity contribution in [3.8, 4) is 11.5 Å². The van der Waals surface area contributed by atoms with E-state index in [4.69, 9.17) is 9.47 Å². The molecular formula is C16H18N2O3. The SMILES string of the molecule is Cc1ccc(CNCC(O)c2ccc3c(c2)OCO3)cn1. The van der Waals surface area contributed by atoms with Crippen LogP contribution < -0.4 is 14.8 Å². The summed E-state index contributed by atoms with van der Waals surface area (Å²) >= 11 is 0. The van der Waals surface area contributed by atoms with Crippen molar-refractivity contribution in [1.82, 2.24) is 10.3 Å². The number of pyridine rings is 1. The Balaban J connectivity index is 1.54. The van der Waals surface area contributed by atoms with Crippen molar-refractivity contribution in [3.05, 3.63) is 53.3 Å². The summed E-state index contributed by atoms with van der Waals surface area (Å²) in [5, 5.41) is 13.4. The van der Waals surface area contributed by atoms with Crippen LogP contribution in [0, 0.1) is 6.92 Å². The molecule has 0 fully saturated rings. The highest BCUT2D eigenvalue weighted by molar-refractivity contribution is 5.45. The summed E-state index contributed by atoms with van der Waals surface area (Å²) < 4.78 is 10.6. The summed E-state index contributed by atoms with van der Waals surface area (Å²) in [5.41, 5.74) is 2.91. The molecule has 0 aliphatic carbocycles. The number of benzene rings is 1. The van der Waals surface area contributed by atoms with Gasteiger partial charge in [-0.3, -0.25) is 4.98 Å². The Hall–Kier alpha value is -2.11. The second kappa shape index (κ2) is 6.11. The van der Waals surface area contributed by atoms with Gasteiger partial charge in [-0.15, -0.1) is 0 Å². The normalized spacial score (nSPS) is 14.2. The third kappa shape index (κ3) is 3.32. The fourth-order valence-electron chi connectivity index (χ4n) is 2.19. The lowest BCUT2D eigenvalue weighted by atomic mass is 10.1. The maximum atomic E-state index is 10.2. The van der Waals surface area contributed by atoms with Crippen molar-refractivity contribution < 1.29 is 14.6 Å². The maximum Gasteiger partial charge on any atom is 0.231 e. The van der Waals surface area contributed by atoms with Gasteiger partial charge in [0, 0.05) is 25.0 Å². The molecule has 0 saturated carbocycles. The van der Waals surface area contributed by atoms with Gasteiger partial charge in [-0.25, -0.2) is 0 Å². The van der Waals surface area contributed by atoms with E-state index in [2.05, 4.69) is 10.3 Å². The highest BCUT2D eigenvalue weighted by atomic mass is 16.7. The number of ether oxygens (including phenoxy) is 2. The topological polar surface area (TPSA) is 63.6 Å². The summed E-state index contributed by atoms with van der Waals surface area (Å²) in [4.78, 5) is 4.24. The first-order valence-corrected chi connectivity index (χ1v) is 6.92. The fourth-order valence-corrected chi connectivity index (χ4v) is 2.19. The van der Waals surface area contributed by atoms with Crippen molar-refractivity contribution in [2.24, 2.45) is 0 Å². The largest absolute Gasteiger partial charge is 0.454 e. The average molecular weight is 286 g/mol. The third-order valence-electron chi connectivity index (χ3n) is 3.42. The summed E-state index contributed by atoms with van der Waals surface area (Å²) in [6, 6.07) is 9.51. The van der Waals surface area contributed by atoms with E-state index in [9.17, 15) is 5.11 Å². The van der Waals surface area contributed by atoms with E-state index in [0.29, 0.717) is 18.8 Å². The zero-order valence-electron chi connectivity index (χ0n) is 11.9. The van der Waals surface area contributed by atoms with Crippen LogP contribution in [0.25, 0.3) is 0 Å². The highest BCUT2D eigenvalue weighted by Gasteiger charge is 2.16. The van der Waals surface area contributed by atoms with Crippen LogP contribution in [0.3, 0.4) is 0 Å². The predicted molar refractivity (Wildman–Crippen MR) is 78.2 cm³/mol. The Bertz CT molecular complexity index is 613. The van der Waals surface area contributed by atoms with Crippen molar-refractivity contribution in [2.75, 3.05) is 13.3 Å². The molecule has 1 aliphatic heterocycles. The van der Waals surface area contributed by atoms with Gasteiger partial charge in [0.15, 0.2) is 11.5 Å². The van der Waals surface area contributed by atoms with Crippen molar-refractivity contribution in [3.63, 3.8) is 0 Å². The number of nitrogens with zero attached hydrogens (tertiary/aromatic N) is 1. The molecule has 2 heterocycles. The van der Waals surface area contributed by atoms with Crippen LogP contribution in [0.1, 0.15) is 22.9 Å². The van der Waals surface area contributed by atoms with Crippen LogP contribution in [0.2, 0.25) is 0 Å². The molecule has 110 valence electrons. The number of fused-ring (bicyclic) bond motifs is 1. The van der Waals surface area contributed by atoms with Crippen LogP contribution in [0.15, 0.2) is 36.5 Å². The lowest BCUT2D eigenvalue weighted by molar-refractivity contribution is 0.170. The van der Waals surface area contributed by atoms with E-state index < -0.39 is 6.10 Å². The molecule has 2 aromatic rings. The molecule has 1 atom stereocenters. The molecule has 1 unspecified atom stereocenters. The fraction of sp³-hybridized carbons (Fsp3) is 0.312. The maximum absolute atomic E-state index is 10.2. The molecule has 3 rings (SSSR count). The van der Waals surface area contributed by atoms with Gasteiger partial charge in [0.25, 0.3) is 0 Å². The number of aryl methyl sites for hydroxylation is 1. The molecule has 0 spiro atoms. The molecule has 0 bridgehead atoms. The molecule has 5 heteroatoms. The van der Waals surface area contributed by atoms with E-state index >= 15 is 0 Å². The van der Waals surface area contributed by atoms with Crippen LogP contribution >= 0.6 is 0 Å². The smallest absolute Gasteiger partial charge is 0.231 e. The minimum absolute atomic E-state index is 0.244. The molecule has 0 saturated heterocycles. The summed E-state index contributed by atoms with van der Waals surface area (Å²) in [6.07, 6.45) is 1.26. The van der Waals surface area contributed by atoms with Crippen LogP contribution in [0.4, 0.5) is 0 Å². The van der Waals surface area contributed by atoms with Gasteiger partial charge in [-0.1, -0.05) is 12.1 Å². The summed E-state index contributed by atoms with van der Waals surface area (Å²) in [6.45, 7) is 3.34. The Morgan fingerprint density at radius 1 is 1.24 bits per heavy atom. The molecule has 1 aromatic heterocycles. The number of aromatic nitrogens is 1. The molecule has 2 N–H and O–H groups in total. The van der Waals surface area contributed by atoms with Crippen molar-refractivity contribution in [2.45, 2.75) is 19.6 Å². The van der Waals surface area contributed by atoms with Gasteiger partial charge in [0.1, 0.15) is 0 Å². The van der Waals surface area contributed by atoms with Crippen LogP contribution in [-0.4, -0.2) is 23.4 Å². The lowest BCUT2D eigenvalue weighted by Crippen LogP contribution is -2.21. The summed E-state index contributed by atoms with van der Waals surface area (Å²) in [7, 11) is 0. The monoisotopic (exact) mass is 286 g/mol. The lowest BCUT2D eigenvalue weighted by Gasteiger charge is -2.13. The summed E-state index contributed by atoms with van der Waals surface area (Å²) in [5.74, 6) is 1.42. The number of hydrogen-bond donors (Lipinski definition) is 2. The van der Waals surface area contributed by atoms with Gasteiger partial charge < -0.3 is 19.9 Å². The van der Waals surface area contributed by atoms with Gasteiger partial charge in [-0.05, 0) is 36.2 Å². The van der Waals surface area contributed by atoms with E-state index in [-0.39, 0.29) is 6.79 Å². The molecule has 0 radical (unpaired) electrons. The minimum Gasteiger partial charge on any atom is -0.454 e. The van der Waals surface area contributed by atoms with Gasteiger partial charge in [-0.2, -0.15) is 0 Å². The van der Waals surface area contributed by atoms with E-state index in [1.807, 2.05) is 43.5 Å². The molecule has 21 heavy (non-hydrogen) atoms. The van der Waals surface area contributed by atoms with E-state index in [1.165, 1.54) is 0 Å². The average Bonchev–Trinajstić information content (AvgIpc) is 2.96. The zero-order valence-corrected chi connectivity index (χ0v) is 11.9. The van der Waals surface area contributed by atoms with Crippen LogP contribution in [-0.2, 0) is 6.54 Å². The first-order chi connectivity index (χ1) is 10.2. The zero-order chi connectivity index (χ0) is 14.7. The van der Waals surface area contributed by atoms with E-state index in [0.717, 1.165) is 22.6 Å².